The summed E-state index contributed by atoms with van der Waals surface area (Å²) in [5.41, 5.74) is 9.61. The molecule has 1 heteroatoms. The molecule has 53 heavy (non-hydrogen) atoms. The normalized spacial score (nSPS) is 11.8. The molecule has 0 saturated heterocycles. The van der Waals surface area contributed by atoms with E-state index in [1.165, 1.54) is 98.0 Å². The zero-order valence-electron chi connectivity index (χ0n) is 30.4. The van der Waals surface area contributed by atoms with Crippen LogP contribution < -0.4 is 4.74 Å². The predicted molar refractivity (Wildman–Crippen MR) is 228 cm³/mol. The van der Waals surface area contributed by atoms with Gasteiger partial charge in [-0.25, -0.2) is 0 Å². The maximum absolute atomic E-state index is 6.68. The van der Waals surface area contributed by atoms with Crippen molar-refractivity contribution < 1.29 is 4.74 Å². The summed E-state index contributed by atoms with van der Waals surface area (Å²) < 4.78 is 6.68. The molecular formula is C52H38O. The zero-order valence-corrected chi connectivity index (χ0v) is 30.4. The fraction of sp³-hybridized carbons (Fsp3) is 0.0769. The second-order valence-electron chi connectivity index (χ2n) is 14.8. The fourth-order valence-electron chi connectivity index (χ4n) is 8.53. The van der Waals surface area contributed by atoms with Crippen LogP contribution in [0.4, 0.5) is 0 Å². The maximum Gasteiger partial charge on any atom is 0.130 e. The molecule has 252 valence electrons. The smallest absolute Gasteiger partial charge is 0.130 e. The van der Waals surface area contributed by atoms with Gasteiger partial charge >= 0.3 is 0 Å². The van der Waals surface area contributed by atoms with E-state index in [0.29, 0.717) is 0 Å². The number of hydrogen-bond acceptors (Lipinski definition) is 1. The lowest BCUT2D eigenvalue weighted by Gasteiger charge is -2.16. The Morgan fingerprint density at radius 2 is 0.698 bits per heavy atom. The van der Waals surface area contributed by atoms with Gasteiger partial charge in [-0.1, -0.05) is 145 Å². The van der Waals surface area contributed by atoms with Gasteiger partial charge in [0.25, 0.3) is 0 Å². The molecule has 0 aliphatic rings. The minimum atomic E-state index is 0.869. The van der Waals surface area contributed by atoms with Gasteiger partial charge in [-0.3, -0.25) is 0 Å². The van der Waals surface area contributed by atoms with Gasteiger partial charge in [0.1, 0.15) is 11.5 Å². The lowest BCUT2D eigenvalue weighted by atomic mass is 9.90. The number of rotatable bonds is 4. The van der Waals surface area contributed by atoms with Crippen LogP contribution in [-0.2, 0) is 0 Å². The van der Waals surface area contributed by atoms with E-state index in [9.17, 15) is 0 Å². The second-order valence-corrected chi connectivity index (χ2v) is 14.8. The van der Waals surface area contributed by atoms with E-state index in [-0.39, 0.29) is 0 Å². The standard InChI is InChI=1S/C52H38O/c1-31-11-13-35-15-17-39-21-19-37-7-5-9-43(49(37)51(39)45(35)27-31)41-23-25-47(33(3)29-41)53-48-26-24-42(30-34(48)4)44-10-6-8-38-20-22-40-18-16-36-14-12-32(2)28-46(36)52(40)50(38)44/h5-30H,1-4H3. The van der Waals surface area contributed by atoms with Crippen molar-refractivity contribution in [3.05, 3.63) is 180 Å². The van der Waals surface area contributed by atoms with Crippen molar-refractivity contribution in [3.8, 4) is 33.8 Å². The predicted octanol–water partition coefficient (Wildman–Crippen LogP) is 15.0. The van der Waals surface area contributed by atoms with Crippen molar-refractivity contribution in [1.82, 2.24) is 0 Å². The van der Waals surface area contributed by atoms with Gasteiger partial charge in [-0.05, 0) is 150 Å². The maximum atomic E-state index is 6.68. The highest BCUT2D eigenvalue weighted by Crippen LogP contribution is 2.42. The first-order chi connectivity index (χ1) is 25.9. The van der Waals surface area contributed by atoms with Gasteiger partial charge in [0.2, 0.25) is 0 Å². The third-order valence-corrected chi connectivity index (χ3v) is 11.2. The van der Waals surface area contributed by atoms with Crippen molar-refractivity contribution in [3.63, 3.8) is 0 Å². The Hall–Kier alpha value is -6.44. The lowest BCUT2D eigenvalue weighted by molar-refractivity contribution is 0.475. The van der Waals surface area contributed by atoms with Crippen LogP contribution in [0.15, 0.2) is 158 Å². The number of aryl methyl sites for hydroxylation is 4. The Balaban J connectivity index is 1.04. The Bertz CT molecular complexity index is 2910. The third-order valence-electron chi connectivity index (χ3n) is 11.2. The molecule has 0 aliphatic carbocycles. The van der Waals surface area contributed by atoms with E-state index in [1.807, 2.05) is 0 Å². The van der Waals surface area contributed by atoms with Crippen molar-refractivity contribution in [2.24, 2.45) is 0 Å². The van der Waals surface area contributed by atoms with Crippen LogP contribution in [0, 0.1) is 27.7 Å². The molecule has 0 N–H and O–H groups in total. The molecule has 10 aromatic rings. The van der Waals surface area contributed by atoms with E-state index in [1.54, 1.807) is 0 Å². The number of fused-ring (bicyclic) bond motifs is 10. The molecule has 0 fully saturated rings. The van der Waals surface area contributed by atoms with Gasteiger partial charge in [-0.2, -0.15) is 0 Å². The lowest BCUT2D eigenvalue weighted by Crippen LogP contribution is -1.93. The molecule has 0 saturated carbocycles. The first kappa shape index (κ1) is 31.3. The van der Waals surface area contributed by atoms with Gasteiger partial charge in [0.05, 0.1) is 0 Å². The van der Waals surface area contributed by atoms with Crippen LogP contribution in [0.5, 0.6) is 11.5 Å². The molecule has 0 unspecified atom stereocenters. The van der Waals surface area contributed by atoms with Crippen molar-refractivity contribution in [2.75, 3.05) is 0 Å². The Kier molecular flexibility index (Phi) is 7.13. The molecular weight excluding hydrogens is 641 g/mol. The summed E-state index contributed by atoms with van der Waals surface area (Å²) in [4.78, 5) is 0. The summed E-state index contributed by atoms with van der Waals surface area (Å²) in [5.74, 6) is 1.74. The number of hydrogen-bond donors (Lipinski definition) is 0. The van der Waals surface area contributed by atoms with Gasteiger partial charge in [0, 0.05) is 0 Å². The molecule has 0 aromatic heterocycles. The van der Waals surface area contributed by atoms with Crippen LogP contribution in [0.1, 0.15) is 22.3 Å². The van der Waals surface area contributed by atoms with Crippen molar-refractivity contribution in [1.29, 1.82) is 0 Å². The van der Waals surface area contributed by atoms with E-state index in [4.69, 9.17) is 4.74 Å². The van der Waals surface area contributed by atoms with E-state index >= 15 is 0 Å². The zero-order chi connectivity index (χ0) is 35.8. The first-order valence-electron chi connectivity index (χ1n) is 18.5. The summed E-state index contributed by atoms with van der Waals surface area (Å²) in [6, 6.07) is 58.1. The summed E-state index contributed by atoms with van der Waals surface area (Å²) in [6.07, 6.45) is 0. The van der Waals surface area contributed by atoms with Crippen LogP contribution in [-0.4, -0.2) is 0 Å². The van der Waals surface area contributed by atoms with Crippen LogP contribution in [0.25, 0.3) is 86.9 Å². The average Bonchev–Trinajstić information content (AvgIpc) is 3.18. The summed E-state index contributed by atoms with van der Waals surface area (Å²) in [7, 11) is 0. The highest BCUT2D eigenvalue weighted by molar-refractivity contribution is 6.25. The first-order valence-corrected chi connectivity index (χ1v) is 18.5. The topological polar surface area (TPSA) is 9.23 Å². The number of ether oxygens (including phenoxy) is 1. The van der Waals surface area contributed by atoms with Gasteiger partial charge in [0.15, 0.2) is 0 Å². The largest absolute Gasteiger partial charge is 0.457 e. The quantitative estimate of drug-likeness (QED) is 0.168. The summed E-state index contributed by atoms with van der Waals surface area (Å²) >= 11 is 0. The van der Waals surface area contributed by atoms with Gasteiger partial charge in [-0.15, -0.1) is 0 Å². The van der Waals surface area contributed by atoms with Crippen LogP contribution >= 0.6 is 0 Å². The second kappa shape index (κ2) is 12.1. The average molecular weight is 679 g/mol. The highest BCUT2D eigenvalue weighted by Gasteiger charge is 2.15. The third kappa shape index (κ3) is 5.15. The fourth-order valence-corrected chi connectivity index (χ4v) is 8.53. The Labute approximate surface area is 309 Å². The Morgan fingerprint density at radius 1 is 0.321 bits per heavy atom. The van der Waals surface area contributed by atoms with E-state index in [0.717, 1.165) is 22.6 Å². The molecule has 1 nitrogen and oxygen atoms in total. The monoisotopic (exact) mass is 678 g/mol. The minimum Gasteiger partial charge on any atom is -0.457 e. The molecule has 0 radical (unpaired) electrons. The molecule has 0 amide bonds. The molecule has 0 aliphatic heterocycles. The summed E-state index contributed by atoms with van der Waals surface area (Å²) in [5, 5.41) is 15.4. The van der Waals surface area contributed by atoms with E-state index < -0.39 is 0 Å². The highest BCUT2D eigenvalue weighted by atomic mass is 16.5. The molecule has 0 bridgehead atoms. The number of benzene rings is 10. The van der Waals surface area contributed by atoms with E-state index in [2.05, 4.69) is 185 Å². The van der Waals surface area contributed by atoms with Crippen LogP contribution in [0.3, 0.4) is 0 Å². The molecule has 10 rings (SSSR count). The molecule has 10 aromatic carbocycles. The molecule has 0 spiro atoms. The van der Waals surface area contributed by atoms with Gasteiger partial charge < -0.3 is 4.74 Å². The Morgan fingerprint density at radius 3 is 1.11 bits per heavy atom. The van der Waals surface area contributed by atoms with Crippen molar-refractivity contribution >= 4 is 64.6 Å². The summed E-state index contributed by atoms with van der Waals surface area (Å²) in [6.45, 7) is 8.65. The molecule has 0 atom stereocenters. The van der Waals surface area contributed by atoms with Crippen LogP contribution in [0.2, 0.25) is 0 Å². The molecule has 0 heterocycles. The van der Waals surface area contributed by atoms with Crippen molar-refractivity contribution in [2.45, 2.75) is 27.7 Å². The SMILES string of the molecule is Cc1ccc2ccc3ccc4cccc(-c5ccc(Oc6ccc(-c7cccc8ccc9ccc%10ccc(C)cc%10c9c78)cc6C)c(C)c5)c4c3c2c1. The minimum absolute atomic E-state index is 0.869.